The molecule has 5 N–H and O–H groups in total. The zero-order valence-corrected chi connectivity index (χ0v) is 43.1. The van der Waals surface area contributed by atoms with Crippen molar-refractivity contribution in [3.05, 3.63) is 39.8 Å². The molecule has 7 atom stereocenters. The lowest BCUT2D eigenvalue weighted by Gasteiger charge is -2.37. The lowest BCUT2D eigenvalue weighted by Crippen LogP contribution is -2.48. The van der Waals surface area contributed by atoms with Gasteiger partial charge in [0.25, 0.3) is 5.91 Å². The summed E-state index contributed by atoms with van der Waals surface area (Å²) < 4.78 is 26.5. The third kappa shape index (κ3) is 19.2. The predicted molar refractivity (Wildman–Crippen MR) is 258 cm³/mol. The highest BCUT2D eigenvalue weighted by Crippen LogP contribution is 2.37. The molecule has 21 heteroatoms. The lowest BCUT2D eigenvalue weighted by atomic mass is 9.83. The molecule has 1 fully saturated rings. The van der Waals surface area contributed by atoms with Crippen LogP contribution in [0.25, 0.3) is 0 Å². The van der Waals surface area contributed by atoms with Crippen LogP contribution in [0.2, 0.25) is 0 Å². The largest absolute Gasteiger partial charge is 0.481 e. The molecule has 1 aromatic heterocycles. The van der Waals surface area contributed by atoms with E-state index in [1.54, 1.807) is 24.1 Å². The number of amides is 3. The Kier molecular flexibility index (Phi) is 22.4. The second kappa shape index (κ2) is 26.2. The van der Waals surface area contributed by atoms with E-state index >= 15 is 0 Å². The highest BCUT2D eigenvalue weighted by Gasteiger charge is 2.38. The monoisotopic (exact) mass is 997 g/mol. The number of thiol groups is 1. The standard InChI is InChI=1S/C46H72N5O13PS2/c1-11-28(4)33(23-38(53)36-14-12-13-19-50(36)9)44(56)51(10)37(27(2)3)24-40(64-30(6)52)43-49-35(25-67-43)42(55)47-32(20-29(5)45(57)58)21-31-15-16-39(62-26-63-65(59,60)61)34(22-31)48-41(54)17-18-46(7,8)66/h15-16,22,25,27-29,32-33,36-37,40,66H,11-14,17-21,23-24,26H2,1-10H3,(H,47,55)(H,48,54)(H,57,58)(H2,59,60,61)/t28-,29?,32+,33?,36+,37+,40+/m0/s1. The number of carboxylic acid groups (broad SMARTS) is 1. The van der Waals surface area contributed by atoms with Gasteiger partial charge in [0.15, 0.2) is 18.7 Å². The number of aliphatic carboxylic acids is 1. The molecule has 1 aliphatic rings. The summed E-state index contributed by atoms with van der Waals surface area (Å²) in [7, 11) is -1.20. The number of rotatable bonds is 27. The zero-order valence-electron chi connectivity index (χ0n) is 40.5. The Morgan fingerprint density at radius 3 is 2.36 bits per heavy atom. The van der Waals surface area contributed by atoms with E-state index in [0.717, 1.165) is 37.1 Å². The fourth-order valence-electron chi connectivity index (χ4n) is 8.10. The van der Waals surface area contributed by atoms with Crippen LogP contribution in [0, 0.1) is 23.7 Å². The number of likely N-dealkylation sites (tertiary alicyclic amines) is 1. The van der Waals surface area contributed by atoms with Crippen molar-refractivity contribution in [1.82, 2.24) is 20.1 Å². The summed E-state index contributed by atoms with van der Waals surface area (Å²) in [4.78, 5) is 106. The second-order valence-corrected chi connectivity index (χ2v) is 22.1. The number of anilines is 1. The SMILES string of the molecule is CC[C@H](C)C(CC(=O)[C@H]1CCCCN1C)C(=O)N(C)[C@H](C[C@@H](OC(C)=O)c1nc(C(=O)N[C@@H](Cc2ccc(OCOP(=O)(O)O)c(NC(=O)CCC(C)(C)S)c2)CC(C)C(=O)O)cs1)C(C)C. The molecular weight excluding hydrogens is 926 g/mol. The van der Waals surface area contributed by atoms with Gasteiger partial charge in [-0.2, -0.15) is 12.6 Å². The van der Waals surface area contributed by atoms with Crippen LogP contribution < -0.4 is 15.4 Å². The first-order valence-corrected chi connectivity index (χ1v) is 25.7. The molecule has 67 heavy (non-hydrogen) atoms. The maximum Gasteiger partial charge on any atom is 0.472 e. The van der Waals surface area contributed by atoms with Crippen molar-refractivity contribution in [2.45, 2.75) is 149 Å². The van der Waals surface area contributed by atoms with Gasteiger partial charge < -0.3 is 39.9 Å². The van der Waals surface area contributed by atoms with Gasteiger partial charge in [0.2, 0.25) is 11.8 Å². The number of phosphoric acid groups is 1. The number of phosphoric ester groups is 1. The first-order chi connectivity index (χ1) is 31.2. The molecular formula is C46H72N5O13PS2. The van der Waals surface area contributed by atoms with Crippen LogP contribution in [0.5, 0.6) is 5.75 Å². The summed E-state index contributed by atoms with van der Waals surface area (Å²) in [5.41, 5.74) is 0.686. The van der Waals surface area contributed by atoms with Gasteiger partial charge >= 0.3 is 19.8 Å². The fourth-order valence-corrected chi connectivity index (χ4v) is 9.24. The van der Waals surface area contributed by atoms with Gasteiger partial charge in [-0.15, -0.1) is 11.3 Å². The van der Waals surface area contributed by atoms with E-state index in [-0.39, 0.29) is 78.8 Å². The van der Waals surface area contributed by atoms with Crippen LogP contribution in [0.4, 0.5) is 5.69 Å². The minimum atomic E-state index is -4.87. The molecule has 0 radical (unpaired) electrons. The summed E-state index contributed by atoms with van der Waals surface area (Å²) in [5, 5.41) is 17.3. The van der Waals surface area contributed by atoms with Gasteiger partial charge in [0.05, 0.1) is 17.6 Å². The second-order valence-electron chi connectivity index (χ2n) is 18.7. The zero-order chi connectivity index (χ0) is 50.4. The predicted octanol–water partition coefficient (Wildman–Crippen LogP) is 7.05. The van der Waals surface area contributed by atoms with Crippen LogP contribution in [0.15, 0.2) is 23.6 Å². The molecule has 0 aliphatic carbocycles. The van der Waals surface area contributed by atoms with E-state index in [1.807, 2.05) is 48.6 Å². The smallest absolute Gasteiger partial charge is 0.472 e. The number of carbonyl (C=O) groups is 6. The van der Waals surface area contributed by atoms with Gasteiger partial charge in [-0.05, 0) is 75.2 Å². The van der Waals surface area contributed by atoms with E-state index in [1.165, 1.54) is 25.3 Å². The molecule has 3 rings (SSSR count). The Bertz CT molecular complexity index is 2060. The molecule has 2 unspecified atom stereocenters. The quantitative estimate of drug-likeness (QED) is 0.0227. The number of carboxylic acids is 1. The Balaban J connectivity index is 1.89. The van der Waals surface area contributed by atoms with Crippen molar-refractivity contribution in [2.24, 2.45) is 23.7 Å². The van der Waals surface area contributed by atoms with E-state index in [0.29, 0.717) is 23.4 Å². The number of thiazole rings is 1. The van der Waals surface area contributed by atoms with Crippen molar-refractivity contribution in [1.29, 1.82) is 0 Å². The number of ether oxygens (including phenoxy) is 2. The number of benzene rings is 1. The summed E-state index contributed by atoms with van der Waals surface area (Å²) in [6.45, 7) is 14.4. The van der Waals surface area contributed by atoms with Gasteiger partial charge in [0.1, 0.15) is 16.5 Å². The van der Waals surface area contributed by atoms with E-state index in [4.69, 9.17) is 19.3 Å². The summed E-state index contributed by atoms with van der Waals surface area (Å²) in [5.74, 6) is -4.34. The van der Waals surface area contributed by atoms with Crippen molar-refractivity contribution < 1.29 is 62.2 Å². The van der Waals surface area contributed by atoms with Crippen LogP contribution in [-0.4, -0.2) is 115 Å². The number of nitrogens with one attached hydrogen (secondary N) is 2. The van der Waals surface area contributed by atoms with Crippen LogP contribution in [0.3, 0.4) is 0 Å². The molecule has 0 bridgehead atoms. The molecule has 3 amide bonds. The van der Waals surface area contributed by atoms with E-state index < -0.39 is 73.1 Å². The minimum absolute atomic E-state index is 0.00172. The molecule has 0 spiro atoms. The first kappa shape index (κ1) is 57.4. The summed E-state index contributed by atoms with van der Waals surface area (Å²) in [6, 6.07) is 3.16. The molecule has 376 valence electrons. The van der Waals surface area contributed by atoms with Crippen LogP contribution >= 0.6 is 31.8 Å². The van der Waals surface area contributed by atoms with E-state index in [2.05, 4.69) is 37.7 Å². The number of carbonyl (C=O) groups excluding carboxylic acids is 5. The maximum atomic E-state index is 14.4. The van der Waals surface area contributed by atoms with Gasteiger partial charge in [-0.25, -0.2) is 14.1 Å². The summed E-state index contributed by atoms with van der Waals surface area (Å²) >= 11 is 5.58. The third-order valence-electron chi connectivity index (χ3n) is 12.2. The van der Waals surface area contributed by atoms with Gasteiger partial charge in [-0.1, -0.05) is 67.4 Å². The lowest BCUT2D eigenvalue weighted by molar-refractivity contribution is -0.149. The van der Waals surface area contributed by atoms with Gasteiger partial charge in [0, 0.05) is 61.4 Å². The number of hydrogen-bond acceptors (Lipinski definition) is 14. The molecule has 2 aromatic rings. The molecule has 1 aliphatic heterocycles. The topological polar surface area (TPSA) is 251 Å². The number of piperidine rings is 1. The molecule has 1 saturated heterocycles. The molecule has 18 nitrogen and oxygen atoms in total. The molecule has 1 aromatic carbocycles. The highest BCUT2D eigenvalue weighted by molar-refractivity contribution is 7.81. The van der Waals surface area contributed by atoms with Crippen molar-refractivity contribution in [2.75, 3.05) is 32.7 Å². The molecule has 2 heterocycles. The van der Waals surface area contributed by atoms with Crippen LogP contribution in [-0.2, 0) is 44.2 Å². The Morgan fingerprint density at radius 2 is 1.78 bits per heavy atom. The average molecular weight is 998 g/mol. The number of Topliss-reactive ketones (excluding diaryl/α,β-unsaturated/α-hetero) is 1. The first-order valence-electron chi connectivity index (χ1n) is 22.8. The fraction of sp³-hybridized carbons (Fsp3) is 0.674. The van der Waals surface area contributed by atoms with Gasteiger partial charge in [-0.3, -0.25) is 33.7 Å². The maximum absolute atomic E-state index is 14.4. The summed E-state index contributed by atoms with van der Waals surface area (Å²) in [6.07, 6.45) is 3.44. The third-order valence-corrected chi connectivity index (χ3v) is 13.8. The van der Waals surface area contributed by atoms with Crippen molar-refractivity contribution in [3.63, 3.8) is 0 Å². The van der Waals surface area contributed by atoms with Crippen molar-refractivity contribution >= 4 is 72.9 Å². The minimum Gasteiger partial charge on any atom is -0.481 e. The number of nitrogens with zero attached hydrogens (tertiary/aromatic N) is 3. The highest BCUT2D eigenvalue weighted by atomic mass is 32.1. The Hall–Kier alpha value is -3.91. The Labute approximate surface area is 404 Å². The van der Waals surface area contributed by atoms with Crippen LogP contribution in [0.1, 0.15) is 140 Å². The average Bonchev–Trinajstić information content (AvgIpc) is 3.73. The molecule has 0 saturated carbocycles. The Morgan fingerprint density at radius 1 is 1.09 bits per heavy atom. The number of hydrogen-bond donors (Lipinski definition) is 6. The van der Waals surface area contributed by atoms with Crippen molar-refractivity contribution in [3.8, 4) is 5.75 Å². The number of aromatic nitrogens is 1. The van der Waals surface area contributed by atoms with E-state index in [9.17, 15) is 38.4 Å². The number of likely N-dealkylation sites (N-methyl/N-ethyl adjacent to an activating group) is 1. The normalized spacial score (nSPS) is 17.4. The number of ketones is 1. The number of esters is 1.